The molecule has 1 spiro atoms. The van der Waals surface area contributed by atoms with E-state index < -0.39 is 11.6 Å². The van der Waals surface area contributed by atoms with Gasteiger partial charge < -0.3 is 5.32 Å². The second-order valence-electron chi connectivity index (χ2n) is 8.77. The van der Waals surface area contributed by atoms with E-state index in [2.05, 4.69) is 10.3 Å². The number of nitrogens with one attached hydrogen (secondary N) is 1. The van der Waals surface area contributed by atoms with Crippen LogP contribution in [0.1, 0.15) is 54.7 Å². The Morgan fingerprint density at radius 2 is 1.69 bits per heavy atom. The predicted molar refractivity (Wildman–Crippen MR) is 121 cm³/mol. The van der Waals surface area contributed by atoms with Crippen molar-refractivity contribution in [2.75, 3.05) is 6.54 Å². The molecule has 3 amide bonds. The van der Waals surface area contributed by atoms with E-state index in [1.54, 1.807) is 12.1 Å². The minimum Gasteiger partial charge on any atom is -0.323 e. The van der Waals surface area contributed by atoms with Gasteiger partial charge in [0.2, 0.25) is 0 Å². The Kier molecular flexibility index (Phi) is 5.04. The molecule has 7 nitrogen and oxygen atoms in total. The molecule has 2 aromatic carbocycles. The standard InChI is InChI=1S/C25H26N4O3/c1-17-26-20-8-4-5-9-21(20)29(17)19-12-10-18(11-13-19)22(30)16-28-23(31)25(27-24(28)32)14-6-2-3-7-15-25/h4-5,8-13H,2-3,6-7,14-16H2,1H3,(H,27,32). The quantitative estimate of drug-likeness (QED) is 0.498. The first-order chi connectivity index (χ1) is 15.5. The summed E-state index contributed by atoms with van der Waals surface area (Å²) in [5, 5.41) is 2.89. The molecule has 0 bridgehead atoms. The van der Waals surface area contributed by atoms with Gasteiger partial charge in [0.1, 0.15) is 11.4 Å². The van der Waals surface area contributed by atoms with Gasteiger partial charge in [0.05, 0.1) is 17.6 Å². The lowest BCUT2D eigenvalue weighted by molar-refractivity contribution is -0.131. The van der Waals surface area contributed by atoms with E-state index in [1.807, 2.05) is 47.9 Å². The van der Waals surface area contributed by atoms with Crippen molar-refractivity contribution < 1.29 is 14.4 Å². The number of imidazole rings is 1. The van der Waals surface area contributed by atoms with Crippen molar-refractivity contribution in [2.24, 2.45) is 0 Å². The smallest absolute Gasteiger partial charge is 0.323 e. The number of aryl methyl sites for hydroxylation is 1. The van der Waals surface area contributed by atoms with E-state index in [-0.39, 0.29) is 18.2 Å². The number of benzene rings is 2. The number of ketones is 1. The van der Waals surface area contributed by atoms with Crippen LogP contribution in [0.15, 0.2) is 48.5 Å². The number of amides is 3. The monoisotopic (exact) mass is 430 g/mol. The molecule has 5 rings (SSSR count). The van der Waals surface area contributed by atoms with Crippen molar-refractivity contribution >= 4 is 28.8 Å². The van der Waals surface area contributed by atoms with Crippen molar-refractivity contribution in [3.8, 4) is 5.69 Å². The third-order valence-electron chi connectivity index (χ3n) is 6.68. The van der Waals surface area contributed by atoms with Gasteiger partial charge >= 0.3 is 6.03 Å². The highest BCUT2D eigenvalue weighted by Crippen LogP contribution is 2.32. The lowest BCUT2D eigenvalue weighted by atomic mass is 9.90. The maximum Gasteiger partial charge on any atom is 0.325 e. The van der Waals surface area contributed by atoms with Crippen molar-refractivity contribution in [3.63, 3.8) is 0 Å². The number of hydrogen-bond acceptors (Lipinski definition) is 4. The van der Waals surface area contributed by atoms with Crippen LogP contribution in [0.25, 0.3) is 16.7 Å². The summed E-state index contributed by atoms with van der Waals surface area (Å²) in [6.45, 7) is 1.71. The molecule has 1 N–H and O–H groups in total. The predicted octanol–water partition coefficient (Wildman–Crippen LogP) is 4.16. The highest BCUT2D eigenvalue weighted by Gasteiger charge is 2.51. The van der Waals surface area contributed by atoms with Crippen LogP contribution in [0.3, 0.4) is 0 Å². The van der Waals surface area contributed by atoms with E-state index in [0.29, 0.717) is 18.4 Å². The highest BCUT2D eigenvalue weighted by molar-refractivity contribution is 6.11. The third kappa shape index (κ3) is 3.38. The highest BCUT2D eigenvalue weighted by atomic mass is 16.2. The molecule has 1 aromatic heterocycles. The first-order valence-electron chi connectivity index (χ1n) is 11.2. The number of aromatic nitrogens is 2. The number of para-hydroxylation sites is 2. The zero-order chi connectivity index (χ0) is 22.3. The molecule has 7 heteroatoms. The molecular weight excluding hydrogens is 404 g/mol. The van der Waals surface area contributed by atoms with Gasteiger partial charge in [-0.1, -0.05) is 37.8 Å². The topological polar surface area (TPSA) is 84.3 Å². The summed E-state index contributed by atoms with van der Waals surface area (Å²) in [7, 11) is 0. The lowest BCUT2D eigenvalue weighted by Gasteiger charge is -2.24. The van der Waals surface area contributed by atoms with Crippen molar-refractivity contribution in [1.29, 1.82) is 0 Å². The number of nitrogens with zero attached hydrogens (tertiary/aromatic N) is 3. The largest absolute Gasteiger partial charge is 0.325 e. The molecule has 164 valence electrons. The normalized spacial score (nSPS) is 18.2. The average molecular weight is 431 g/mol. The fourth-order valence-corrected chi connectivity index (χ4v) is 4.99. The summed E-state index contributed by atoms with van der Waals surface area (Å²) in [4.78, 5) is 44.2. The maximum atomic E-state index is 13.1. The van der Waals surface area contributed by atoms with Crippen molar-refractivity contribution in [3.05, 3.63) is 59.9 Å². The number of rotatable bonds is 4. The second kappa shape index (κ2) is 7.89. The van der Waals surface area contributed by atoms with Gasteiger partial charge in [-0.3, -0.25) is 19.1 Å². The molecule has 2 aliphatic rings. The number of imide groups is 1. The van der Waals surface area contributed by atoms with Gasteiger partial charge in [-0.25, -0.2) is 9.78 Å². The van der Waals surface area contributed by atoms with Crippen LogP contribution < -0.4 is 5.32 Å². The van der Waals surface area contributed by atoms with E-state index in [4.69, 9.17) is 0 Å². The number of urea groups is 1. The molecule has 1 aliphatic carbocycles. The number of hydrogen-bond donors (Lipinski definition) is 1. The van der Waals surface area contributed by atoms with Crippen LogP contribution in [0.5, 0.6) is 0 Å². The Morgan fingerprint density at radius 1 is 1.00 bits per heavy atom. The molecule has 2 heterocycles. The summed E-state index contributed by atoms with van der Waals surface area (Å²) in [5.74, 6) is 0.353. The first kappa shape index (κ1) is 20.4. The van der Waals surface area contributed by atoms with E-state index in [9.17, 15) is 14.4 Å². The summed E-state index contributed by atoms with van der Waals surface area (Å²) in [6, 6.07) is 14.7. The van der Waals surface area contributed by atoms with Gasteiger partial charge in [0, 0.05) is 11.3 Å². The Balaban J connectivity index is 1.35. The van der Waals surface area contributed by atoms with Crippen LogP contribution >= 0.6 is 0 Å². The Morgan fingerprint density at radius 3 is 2.41 bits per heavy atom. The van der Waals surface area contributed by atoms with Crippen LogP contribution in [0.4, 0.5) is 4.79 Å². The van der Waals surface area contributed by atoms with E-state index >= 15 is 0 Å². The SMILES string of the molecule is Cc1nc2ccccc2n1-c1ccc(C(=O)CN2C(=O)NC3(CCCCCC3)C2=O)cc1. The van der Waals surface area contributed by atoms with Gasteiger partial charge in [0.15, 0.2) is 5.78 Å². The van der Waals surface area contributed by atoms with Crippen molar-refractivity contribution in [2.45, 2.75) is 51.0 Å². The van der Waals surface area contributed by atoms with Crippen LogP contribution in [-0.2, 0) is 4.79 Å². The molecule has 1 saturated heterocycles. The minimum atomic E-state index is -0.822. The van der Waals surface area contributed by atoms with E-state index in [1.165, 1.54) is 0 Å². The van der Waals surface area contributed by atoms with E-state index in [0.717, 1.165) is 53.1 Å². The number of fused-ring (bicyclic) bond motifs is 1. The number of carbonyl (C=O) groups is 3. The lowest BCUT2D eigenvalue weighted by Crippen LogP contribution is -2.46. The minimum absolute atomic E-state index is 0.237. The molecule has 0 radical (unpaired) electrons. The van der Waals surface area contributed by atoms with Crippen LogP contribution in [0.2, 0.25) is 0 Å². The molecular formula is C25H26N4O3. The molecule has 1 saturated carbocycles. The van der Waals surface area contributed by atoms with Gasteiger partial charge in [-0.15, -0.1) is 0 Å². The molecule has 2 fully saturated rings. The molecule has 0 atom stereocenters. The fraction of sp³-hybridized carbons (Fsp3) is 0.360. The van der Waals surface area contributed by atoms with Crippen molar-refractivity contribution in [1.82, 2.24) is 19.8 Å². The Labute approximate surface area is 186 Å². The summed E-state index contributed by atoms with van der Waals surface area (Å²) in [5.41, 5.74) is 2.46. The Bertz CT molecular complexity index is 1200. The zero-order valence-corrected chi connectivity index (χ0v) is 18.1. The second-order valence-corrected chi connectivity index (χ2v) is 8.77. The molecule has 0 unspecified atom stereocenters. The van der Waals surface area contributed by atoms with Crippen LogP contribution in [-0.4, -0.2) is 44.3 Å². The zero-order valence-electron chi connectivity index (χ0n) is 18.1. The summed E-state index contributed by atoms with van der Waals surface area (Å²) < 4.78 is 2.04. The summed E-state index contributed by atoms with van der Waals surface area (Å²) >= 11 is 0. The molecule has 32 heavy (non-hydrogen) atoms. The fourth-order valence-electron chi connectivity index (χ4n) is 4.99. The van der Waals surface area contributed by atoms with Gasteiger partial charge in [0.25, 0.3) is 5.91 Å². The first-order valence-corrected chi connectivity index (χ1v) is 11.2. The van der Waals surface area contributed by atoms with Gasteiger partial charge in [-0.05, 0) is 56.2 Å². The average Bonchev–Trinajstić information content (AvgIpc) is 3.10. The Hall–Kier alpha value is -3.48. The summed E-state index contributed by atoms with van der Waals surface area (Å²) in [6.07, 6.45) is 5.27. The number of carbonyl (C=O) groups excluding carboxylic acids is 3. The van der Waals surface area contributed by atoms with Gasteiger partial charge in [-0.2, -0.15) is 0 Å². The molecule has 1 aliphatic heterocycles. The van der Waals surface area contributed by atoms with Crippen LogP contribution in [0, 0.1) is 6.92 Å². The molecule has 3 aromatic rings. The maximum absolute atomic E-state index is 13.1. The third-order valence-corrected chi connectivity index (χ3v) is 6.68. The number of Topliss-reactive ketones (excluding diaryl/α,β-unsaturated/α-hetero) is 1.